The van der Waals surface area contributed by atoms with Gasteiger partial charge in [-0.25, -0.2) is 0 Å². The summed E-state index contributed by atoms with van der Waals surface area (Å²) in [7, 11) is 0. The van der Waals surface area contributed by atoms with Crippen LogP contribution in [0.15, 0.2) is 54.7 Å². The van der Waals surface area contributed by atoms with Crippen LogP contribution in [0.3, 0.4) is 0 Å². The van der Waals surface area contributed by atoms with Crippen LogP contribution in [-0.2, 0) is 6.42 Å². The summed E-state index contributed by atoms with van der Waals surface area (Å²) in [4.78, 5) is 4.39. The van der Waals surface area contributed by atoms with Crippen molar-refractivity contribution < 1.29 is 5.11 Å². The number of phenolic OH excluding ortho intramolecular Hbond substituents is 1. The van der Waals surface area contributed by atoms with Gasteiger partial charge in [-0.2, -0.15) is 0 Å². The van der Waals surface area contributed by atoms with Gasteiger partial charge in [0.05, 0.1) is 11.6 Å². The average Bonchev–Trinajstić information content (AvgIpc) is 2.54. The molecule has 1 aromatic heterocycles. The SMILES string of the molecule is Oc1ccc2ncccc2c1C1NCCc2ccccc21. The molecule has 21 heavy (non-hydrogen) atoms. The van der Waals surface area contributed by atoms with Gasteiger partial charge in [-0.1, -0.05) is 30.3 Å². The molecule has 1 unspecified atom stereocenters. The van der Waals surface area contributed by atoms with E-state index in [4.69, 9.17) is 0 Å². The van der Waals surface area contributed by atoms with Gasteiger partial charge < -0.3 is 10.4 Å². The topological polar surface area (TPSA) is 45.2 Å². The van der Waals surface area contributed by atoms with Crippen LogP contribution in [0.2, 0.25) is 0 Å². The van der Waals surface area contributed by atoms with Gasteiger partial charge in [-0.05, 0) is 35.7 Å². The van der Waals surface area contributed by atoms with Gasteiger partial charge in [-0.15, -0.1) is 0 Å². The van der Waals surface area contributed by atoms with Crippen LogP contribution >= 0.6 is 0 Å². The third-order valence-electron chi connectivity index (χ3n) is 4.20. The number of benzene rings is 2. The lowest BCUT2D eigenvalue weighted by molar-refractivity contribution is 0.455. The zero-order valence-electron chi connectivity index (χ0n) is 11.6. The van der Waals surface area contributed by atoms with Crippen LogP contribution in [0, 0.1) is 0 Å². The molecule has 0 fully saturated rings. The number of aromatic nitrogens is 1. The van der Waals surface area contributed by atoms with Gasteiger partial charge in [0.25, 0.3) is 0 Å². The molecule has 0 bridgehead atoms. The third kappa shape index (κ3) is 1.98. The minimum Gasteiger partial charge on any atom is -0.508 e. The van der Waals surface area contributed by atoms with E-state index in [0.29, 0.717) is 5.75 Å². The number of aromatic hydroxyl groups is 1. The number of rotatable bonds is 1. The molecule has 0 amide bonds. The van der Waals surface area contributed by atoms with Crippen molar-refractivity contribution in [2.24, 2.45) is 0 Å². The number of phenols is 1. The molecule has 3 heteroatoms. The molecule has 0 saturated heterocycles. The summed E-state index contributed by atoms with van der Waals surface area (Å²) in [6.07, 6.45) is 2.81. The van der Waals surface area contributed by atoms with Crippen molar-refractivity contribution in [2.45, 2.75) is 12.5 Å². The smallest absolute Gasteiger partial charge is 0.121 e. The van der Waals surface area contributed by atoms with Crippen LogP contribution in [0.5, 0.6) is 5.75 Å². The Kier molecular flexibility index (Phi) is 2.86. The Labute approximate surface area is 123 Å². The minimum absolute atomic E-state index is 0.0165. The van der Waals surface area contributed by atoms with E-state index in [1.54, 1.807) is 12.3 Å². The van der Waals surface area contributed by atoms with Gasteiger partial charge in [0.2, 0.25) is 0 Å². The lowest BCUT2D eigenvalue weighted by atomic mass is 9.88. The zero-order chi connectivity index (χ0) is 14.2. The fourth-order valence-corrected chi connectivity index (χ4v) is 3.23. The van der Waals surface area contributed by atoms with E-state index < -0.39 is 0 Å². The van der Waals surface area contributed by atoms with E-state index in [9.17, 15) is 5.11 Å². The number of fused-ring (bicyclic) bond motifs is 2. The van der Waals surface area contributed by atoms with Crippen molar-refractivity contribution in [3.05, 3.63) is 71.4 Å². The molecule has 0 saturated carbocycles. The number of nitrogens with one attached hydrogen (secondary N) is 1. The molecule has 1 atom stereocenters. The summed E-state index contributed by atoms with van der Waals surface area (Å²) in [6, 6.07) is 16.0. The predicted molar refractivity (Wildman–Crippen MR) is 83.4 cm³/mol. The fourth-order valence-electron chi connectivity index (χ4n) is 3.23. The van der Waals surface area contributed by atoms with E-state index in [0.717, 1.165) is 29.4 Å². The molecule has 104 valence electrons. The van der Waals surface area contributed by atoms with Crippen LogP contribution in [0.25, 0.3) is 10.9 Å². The maximum Gasteiger partial charge on any atom is 0.121 e. The Morgan fingerprint density at radius 2 is 1.95 bits per heavy atom. The Morgan fingerprint density at radius 3 is 2.90 bits per heavy atom. The molecule has 0 aliphatic carbocycles. The van der Waals surface area contributed by atoms with Crippen molar-refractivity contribution in [3.63, 3.8) is 0 Å². The van der Waals surface area contributed by atoms with Crippen LogP contribution in [0.1, 0.15) is 22.7 Å². The Morgan fingerprint density at radius 1 is 1.05 bits per heavy atom. The number of hydrogen-bond donors (Lipinski definition) is 2. The van der Waals surface area contributed by atoms with Gasteiger partial charge in [0.15, 0.2) is 0 Å². The number of hydrogen-bond acceptors (Lipinski definition) is 3. The predicted octanol–water partition coefficient (Wildman–Crippen LogP) is 3.18. The summed E-state index contributed by atoms with van der Waals surface area (Å²) in [5.74, 6) is 0.324. The van der Waals surface area contributed by atoms with Gasteiger partial charge >= 0.3 is 0 Å². The first-order chi connectivity index (χ1) is 10.3. The van der Waals surface area contributed by atoms with Crippen molar-refractivity contribution in [2.75, 3.05) is 6.54 Å². The highest BCUT2D eigenvalue weighted by Gasteiger charge is 2.25. The summed E-state index contributed by atoms with van der Waals surface area (Å²) in [5.41, 5.74) is 4.43. The highest BCUT2D eigenvalue weighted by atomic mass is 16.3. The fraction of sp³-hybridized carbons (Fsp3) is 0.167. The van der Waals surface area contributed by atoms with Crippen LogP contribution in [-0.4, -0.2) is 16.6 Å². The monoisotopic (exact) mass is 276 g/mol. The molecule has 3 nitrogen and oxygen atoms in total. The average molecular weight is 276 g/mol. The minimum atomic E-state index is 0.0165. The number of nitrogens with zero attached hydrogens (tertiary/aromatic N) is 1. The molecule has 2 aromatic carbocycles. The lowest BCUT2D eigenvalue weighted by Crippen LogP contribution is -2.30. The summed E-state index contributed by atoms with van der Waals surface area (Å²) in [5, 5.41) is 15.0. The molecule has 2 N–H and O–H groups in total. The standard InChI is InChI=1S/C18H16N2O/c21-16-8-7-15-14(6-3-10-19-15)17(16)18-13-5-2-1-4-12(13)9-11-20-18/h1-8,10,18,20-21H,9,11H2. The summed E-state index contributed by atoms with van der Waals surface area (Å²) < 4.78 is 0. The summed E-state index contributed by atoms with van der Waals surface area (Å²) in [6.45, 7) is 0.914. The lowest BCUT2D eigenvalue weighted by Gasteiger charge is -2.28. The number of pyridine rings is 1. The normalized spacial score (nSPS) is 17.6. The second kappa shape index (κ2) is 4.86. The van der Waals surface area contributed by atoms with Gasteiger partial charge in [-0.3, -0.25) is 4.98 Å². The molecule has 3 aromatic rings. The summed E-state index contributed by atoms with van der Waals surface area (Å²) >= 11 is 0. The van der Waals surface area contributed by atoms with Crippen molar-refractivity contribution in [1.29, 1.82) is 0 Å². The maximum atomic E-state index is 10.4. The molecular weight excluding hydrogens is 260 g/mol. The van der Waals surface area contributed by atoms with Crippen molar-refractivity contribution in [3.8, 4) is 5.75 Å². The first-order valence-electron chi connectivity index (χ1n) is 7.22. The highest BCUT2D eigenvalue weighted by Crippen LogP contribution is 2.37. The molecular formula is C18H16N2O. The van der Waals surface area contributed by atoms with Crippen molar-refractivity contribution >= 4 is 10.9 Å². The highest BCUT2D eigenvalue weighted by molar-refractivity contribution is 5.85. The van der Waals surface area contributed by atoms with Crippen LogP contribution < -0.4 is 5.32 Å². The van der Waals surface area contributed by atoms with E-state index in [1.807, 2.05) is 18.2 Å². The quantitative estimate of drug-likeness (QED) is 0.717. The zero-order valence-corrected chi connectivity index (χ0v) is 11.6. The van der Waals surface area contributed by atoms with Gasteiger partial charge in [0, 0.05) is 23.7 Å². The Balaban J connectivity index is 1.98. The second-order valence-electron chi connectivity index (χ2n) is 5.40. The van der Waals surface area contributed by atoms with Crippen LogP contribution in [0.4, 0.5) is 0 Å². The molecule has 4 rings (SSSR count). The molecule has 0 spiro atoms. The van der Waals surface area contributed by atoms with E-state index in [2.05, 4.69) is 34.6 Å². The maximum absolute atomic E-state index is 10.4. The first-order valence-corrected chi connectivity index (χ1v) is 7.22. The Bertz CT molecular complexity index is 813. The van der Waals surface area contributed by atoms with E-state index in [1.165, 1.54) is 11.1 Å². The first kappa shape index (κ1) is 12.4. The van der Waals surface area contributed by atoms with E-state index >= 15 is 0 Å². The molecule has 1 aliphatic heterocycles. The second-order valence-corrected chi connectivity index (χ2v) is 5.40. The van der Waals surface area contributed by atoms with Gasteiger partial charge in [0.1, 0.15) is 5.75 Å². The molecule has 0 radical (unpaired) electrons. The molecule has 1 aliphatic rings. The van der Waals surface area contributed by atoms with Crippen molar-refractivity contribution in [1.82, 2.24) is 10.3 Å². The molecule has 2 heterocycles. The Hall–Kier alpha value is -2.39. The van der Waals surface area contributed by atoms with E-state index in [-0.39, 0.29) is 6.04 Å². The third-order valence-corrected chi connectivity index (χ3v) is 4.20. The largest absolute Gasteiger partial charge is 0.508 e.